The van der Waals surface area contributed by atoms with Gasteiger partial charge in [-0.15, -0.1) is 0 Å². The highest BCUT2D eigenvalue weighted by Gasteiger charge is 2.35. The standard InChI is InChI=1S/C24H23NO4/c1-3-29-22(27)11-17-10-19-15(2)9-18-14-25(13-16-7-5-4-6-8-16)21(26)12-20(18)23(19)24(17)28/h4-9,12,14,17H,3,10-11,13H2,1-2H3. The Labute approximate surface area is 168 Å². The number of hydrogen-bond donors (Lipinski definition) is 0. The third kappa shape index (κ3) is 3.60. The Hall–Kier alpha value is -3.21. The number of fused-ring (bicyclic) bond motifs is 3. The maximum atomic E-state index is 13.1. The summed E-state index contributed by atoms with van der Waals surface area (Å²) in [6.45, 7) is 4.51. The molecule has 3 aromatic rings. The van der Waals surface area contributed by atoms with E-state index in [1.807, 2.05) is 49.5 Å². The molecule has 1 aromatic heterocycles. The molecule has 0 saturated heterocycles. The molecule has 0 amide bonds. The van der Waals surface area contributed by atoms with Gasteiger partial charge in [0.2, 0.25) is 0 Å². The van der Waals surface area contributed by atoms with Crippen molar-refractivity contribution < 1.29 is 14.3 Å². The first-order chi connectivity index (χ1) is 14.0. The van der Waals surface area contributed by atoms with Gasteiger partial charge in [-0.1, -0.05) is 30.3 Å². The number of ether oxygens (including phenoxy) is 1. The lowest BCUT2D eigenvalue weighted by Crippen LogP contribution is -2.20. The van der Waals surface area contributed by atoms with Gasteiger partial charge in [-0.2, -0.15) is 0 Å². The van der Waals surface area contributed by atoms with Crippen molar-refractivity contribution in [3.05, 3.63) is 81.3 Å². The van der Waals surface area contributed by atoms with E-state index >= 15 is 0 Å². The molecule has 0 bridgehead atoms. The van der Waals surface area contributed by atoms with Crippen molar-refractivity contribution in [1.29, 1.82) is 0 Å². The summed E-state index contributed by atoms with van der Waals surface area (Å²) < 4.78 is 6.68. The van der Waals surface area contributed by atoms with Gasteiger partial charge >= 0.3 is 5.97 Å². The molecule has 1 heterocycles. The number of esters is 1. The summed E-state index contributed by atoms with van der Waals surface area (Å²) in [6, 6.07) is 13.4. The summed E-state index contributed by atoms with van der Waals surface area (Å²) in [6.07, 6.45) is 2.42. The fraction of sp³-hybridized carbons (Fsp3) is 0.292. The van der Waals surface area contributed by atoms with E-state index in [1.165, 1.54) is 0 Å². The topological polar surface area (TPSA) is 65.4 Å². The molecule has 2 aromatic carbocycles. The van der Waals surface area contributed by atoms with Gasteiger partial charge in [0.15, 0.2) is 5.78 Å². The minimum absolute atomic E-state index is 0.0676. The maximum absolute atomic E-state index is 13.1. The maximum Gasteiger partial charge on any atom is 0.306 e. The second kappa shape index (κ2) is 7.66. The van der Waals surface area contributed by atoms with Gasteiger partial charge in [0.05, 0.1) is 19.6 Å². The molecule has 0 saturated carbocycles. The molecule has 1 atom stereocenters. The van der Waals surface area contributed by atoms with Crippen molar-refractivity contribution in [1.82, 2.24) is 4.57 Å². The third-order valence-electron chi connectivity index (χ3n) is 5.56. The van der Waals surface area contributed by atoms with Gasteiger partial charge in [0.1, 0.15) is 0 Å². The Morgan fingerprint density at radius 3 is 2.66 bits per heavy atom. The van der Waals surface area contributed by atoms with E-state index in [9.17, 15) is 14.4 Å². The van der Waals surface area contributed by atoms with E-state index < -0.39 is 5.92 Å². The summed E-state index contributed by atoms with van der Waals surface area (Å²) in [5, 5.41) is 1.54. The van der Waals surface area contributed by atoms with Crippen LogP contribution in [0.1, 0.15) is 40.4 Å². The molecule has 1 aliphatic rings. The Kier molecular flexibility index (Phi) is 5.05. The zero-order valence-corrected chi connectivity index (χ0v) is 16.6. The number of hydrogen-bond acceptors (Lipinski definition) is 4. The number of aromatic nitrogens is 1. The first-order valence-electron chi connectivity index (χ1n) is 9.88. The minimum Gasteiger partial charge on any atom is -0.466 e. The Morgan fingerprint density at radius 2 is 1.93 bits per heavy atom. The number of carbonyl (C=O) groups is 2. The summed E-state index contributed by atoms with van der Waals surface area (Å²) in [4.78, 5) is 37.7. The van der Waals surface area contributed by atoms with Crippen molar-refractivity contribution in [2.45, 2.75) is 33.2 Å². The average molecular weight is 389 g/mol. The zero-order valence-electron chi connectivity index (χ0n) is 16.6. The molecular weight excluding hydrogens is 366 g/mol. The minimum atomic E-state index is -0.417. The second-order valence-corrected chi connectivity index (χ2v) is 7.55. The molecule has 0 N–H and O–H groups in total. The number of ketones is 1. The van der Waals surface area contributed by atoms with E-state index in [4.69, 9.17) is 4.74 Å². The summed E-state index contributed by atoms with van der Waals surface area (Å²) in [7, 11) is 0. The molecule has 5 nitrogen and oxygen atoms in total. The molecule has 5 heteroatoms. The van der Waals surface area contributed by atoms with Gasteiger partial charge in [-0.05, 0) is 53.8 Å². The summed E-state index contributed by atoms with van der Waals surface area (Å²) >= 11 is 0. The predicted molar refractivity (Wildman–Crippen MR) is 111 cm³/mol. The summed E-state index contributed by atoms with van der Waals surface area (Å²) in [5.74, 6) is -0.840. The molecule has 0 aliphatic heterocycles. The van der Waals surface area contributed by atoms with Crippen LogP contribution in [0.5, 0.6) is 0 Å². The molecular formula is C24H23NO4. The third-order valence-corrected chi connectivity index (χ3v) is 5.56. The predicted octanol–water partition coefficient (Wildman–Crippen LogP) is 3.67. The Bertz CT molecular complexity index is 1160. The van der Waals surface area contributed by atoms with Gasteiger partial charge in [0.25, 0.3) is 5.56 Å². The number of rotatable bonds is 5. The molecule has 0 fully saturated rings. The van der Waals surface area contributed by atoms with Crippen LogP contribution in [0, 0.1) is 12.8 Å². The lowest BCUT2D eigenvalue weighted by atomic mass is 9.97. The van der Waals surface area contributed by atoms with Crippen LogP contribution in [0.15, 0.2) is 53.5 Å². The smallest absolute Gasteiger partial charge is 0.306 e. The van der Waals surface area contributed by atoms with Crippen LogP contribution in [0.4, 0.5) is 0 Å². The van der Waals surface area contributed by atoms with Crippen molar-refractivity contribution in [2.24, 2.45) is 5.92 Å². The summed E-state index contributed by atoms with van der Waals surface area (Å²) in [5.41, 5.74) is 3.44. The van der Waals surface area contributed by atoms with Gasteiger partial charge < -0.3 is 9.30 Å². The van der Waals surface area contributed by atoms with Crippen LogP contribution >= 0.6 is 0 Å². The lowest BCUT2D eigenvalue weighted by molar-refractivity contribution is -0.143. The second-order valence-electron chi connectivity index (χ2n) is 7.55. The Morgan fingerprint density at radius 1 is 1.17 bits per heavy atom. The molecule has 1 unspecified atom stereocenters. The molecule has 148 valence electrons. The fourth-order valence-corrected chi connectivity index (χ4v) is 4.18. The van der Waals surface area contributed by atoms with Gasteiger partial charge in [-0.3, -0.25) is 14.4 Å². The van der Waals surface area contributed by atoms with Crippen LogP contribution in [-0.2, 0) is 22.5 Å². The molecule has 1 aliphatic carbocycles. The van der Waals surface area contributed by atoms with Gasteiger partial charge in [-0.25, -0.2) is 0 Å². The van der Waals surface area contributed by atoms with Crippen LogP contribution < -0.4 is 5.56 Å². The van der Waals surface area contributed by atoms with Crippen molar-refractivity contribution in [3.8, 4) is 0 Å². The van der Waals surface area contributed by atoms with E-state index in [0.29, 0.717) is 30.5 Å². The normalized spacial score (nSPS) is 15.5. The molecule has 0 spiro atoms. The quantitative estimate of drug-likeness (QED) is 0.625. The lowest BCUT2D eigenvalue weighted by Gasteiger charge is -2.11. The highest BCUT2D eigenvalue weighted by molar-refractivity contribution is 6.13. The molecule has 4 rings (SSSR count). The highest BCUT2D eigenvalue weighted by Crippen LogP contribution is 2.36. The number of pyridine rings is 1. The number of nitrogens with zero attached hydrogens (tertiary/aromatic N) is 1. The van der Waals surface area contributed by atoms with Crippen LogP contribution in [-0.4, -0.2) is 22.9 Å². The van der Waals surface area contributed by atoms with E-state index in [1.54, 1.807) is 17.6 Å². The van der Waals surface area contributed by atoms with Crippen molar-refractivity contribution in [2.75, 3.05) is 6.61 Å². The number of aryl methyl sites for hydroxylation is 1. The SMILES string of the molecule is CCOC(=O)CC1Cc2c(C)cc3cn(Cc4ccccc4)c(=O)cc3c2C1=O. The van der Waals surface area contributed by atoms with E-state index in [-0.39, 0.29) is 23.7 Å². The van der Waals surface area contributed by atoms with Crippen molar-refractivity contribution >= 4 is 22.5 Å². The first-order valence-corrected chi connectivity index (χ1v) is 9.88. The van der Waals surface area contributed by atoms with E-state index in [0.717, 1.165) is 22.1 Å². The number of carbonyl (C=O) groups excluding carboxylic acids is 2. The van der Waals surface area contributed by atoms with E-state index in [2.05, 4.69) is 0 Å². The average Bonchev–Trinajstić information content (AvgIpc) is 3.01. The molecule has 0 radical (unpaired) electrons. The highest BCUT2D eigenvalue weighted by atomic mass is 16.5. The Balaban J connectivity index is 1.74. The van der Waals surface area contributed by atoms with Gasteiger partial charge in [0, 0.05) is 23.7 Å². The fourth-order valence-electron chi connectivity index (χ4n) is 4.18. The van der Waals surface area contributed by atoms with Crippen LogP contribution in [0.25, 0.3) is 10.8 Å². The molecule has 29 heavy (non-hydrogen) atoms. The monoisotopic (exact) mass is 389 g/mol. The van der Waals surface area contributed by atoms with Crippen LogP contribution in [0.2, 0.25) is 0 Å². The van der Waals surface area contributed by atoms with Crippen molar-refractivity contribution in [3.63, 3.8) is 0 Å². The zero-order chi connectivity index (χ0) is 20.5. The van der Waals surface area contributed by atoms with Crippen LogP contribution in [0.3, 0.4) is 0 Å². The largest absolute Gasteiger partial charge is 0.466 e. The first kappa shape index (κ1) is 19.1. The number of Topliss-reactive ketones (excluding diaryl/α,β-unsaturated/α-hetero) is 1. The number of benzene rings is 2.